The van der Waals surface area contributed by atoms with E-state index in [-0.39, 0.29) is 22.6 Å². The van der Waals surface area contributed by atoms with Crippen LogP contribution >= 0.6 is 11.3 Å². The number of rotatable bonds is 8. The Balaban J connectivity index is 1.58. The molecular weight excluding hydrogens is 578 g/mol. The van der Waals surface area contributed by atoms with Crippen LogP contribution in [0.15, 0.2) is 93.9 Å². The van der Waals surface area contributed by atoms with Crippen molar-refractivity contribution in [2.45, 2.75) is 33.4 Å². The lowest BCUT2D eigenvalue weighted by Gasteiger charge is -2.25. The van der Waals surface area contributed by atoms with Crippen molar-refractivity contribution in [2.75, 3.05) is 25.2 Å². The molecule has 6 rings (SSSR count). The third kappa shape index (κ3) is 4.90. The van der Waals surface area contributed by atoms with Crippen molar-refractivity contribution in [2.24, 2.45) is 4.99 Å². The summed E-state index contributed by atoms with van der Waals surface area (Å²) in [6, 6.07) is 21.6. The number of amides is 1. The highest BCUT2D eigenvalue weighted by Crippen LogP contribution is 2.38. The predicted molar refractivity (Wildman–Crippen MR) is 168 cm³/mol. The molecule has 0 aliphatic carbocycles. The van der Waals surface area contributed by atoms with E-state index in [2.05, 4.69) is 4.99 Å². The molecule has 0 saturated heterocycles. The van der Waals surface area contributed by atoms with Crippen LogP contribution in [0.2, 0.25) is 0 Å². The van der Waals surface area contributed by atoms with Crippen molar-refractivity contribution in [3.63, 3.8) is 0 Å². The molecule has 9 nitrogen and oxygen atoms in total. The van der Waals surface area contributed by atoms with Gasteiger partial charge in [0, 0.05) is 5.56 Å². The Morgan fingerprint density at radius 1 is 0.955 bits per heavy atom. The number of para-hydroxylation sites is 1. The largest absolute Gasteiger partial charge is 0.493 e. The third-order valence-corrected chi connectivity index (χ3v) is 8.68. The van der Waals surface area contributed by atoms with Crippen LogP contribution in [0.25, 0.3) is 5.57 Å². The number of carbonyl (C=O) groups is 2. The smallest absolute Gasteiger partial charge is 0.338 e. The lowest BCUT2D eigenvalue weighted by atomic mass is 9.95. The number of esters is 1. The fraction of sp³-hybridized carbons (Fsp3) is 0.235. The average molecular weight is 610 g/mol. The molecule has 0 saturated carbocycles. The van der Waals surface area contributed by atoms with Gasteiger partial charge >= 0.3 is 5.97 Å². The lowest BCUT2D eigenvalue weighted by Crippen LogP contribution is -2.41. The average Bonchev–Trinajstić information content (AvgIpc) is 3.49. The van der Waals surface area contributed by atoms with Crippen LogP contribution in [0.5, 0.6) is 11.5 Å². The van der Waals surface area contributed by atoms with Crippen molar-refractivity contribution in [1.29, 1.82) is 0 Å². The predicted octanol–water partition coefficient (Wildman–Crippen LogP) is 4.12. The van der Waals surface area contributed by atoms with Gasteiger partial charge in [-0.25, -0.2) is 9.79 Å². The molecule has 0 spiro atoms. The second-order valence-electron chi connectivity index (χ2n) is 10.2. The Hall–Kier alpha value is -4.96. The zero-order valence-electron chi connectivity index (χ0n) is 24.8. The number of hydrogen-bond donors (Lipinski definition) is 0. The number of anilines is 1. The van der Waals surface area contributed by atoms with Gasteiger partial charge in [-0.2, -0.15) is 0 Å². The summed E-state index contributed by atoms with van der Waals surface area (Å²) in [4.78, 5) is 48.7. The summed E-state index contributed by atoms with van der Waals surface area (Å²) in [6.07, 6.45) is 0. The first kappa shape index (κ1) is 29.1. The van der Waals surface area contributed by atoms with E-state index in [9.17, 15) is 14.4 Å². The van der Waals surface area contributed by atoms with E-state index in [0.29, 0.717) is 51.8 Å². The molecule has 3 aromatic carbocycles. The van der Waals surface area contributed by atoms with Crippen LogP contribution in [0.3, 0.4) is 0 Å². The minimum absolute atomic E-state index is 0.159. The summed E-state index contributed by atoms with van der Waals surface area (Å²) >= 11 is 1.14. The second-order valence-corrected chi connectivity index (χ2v) is 11.2. The van der Waals surface area contributed by atoms with Gasteiger partial charge in [-0.3, -0.25) is 14.2 Å². The Morgan fingerprint density at radius 3 is 2.43 bits per heavy atom. The van der Waals surface area contributed by atoms with E-state index in [0.717, 1.165) is 22.6 Å². The third-order valence-electron chi connectivity index (χ3n) is 7.63. The minimum Gasteiger partial charge on any atom is -0.493 e. The molecule has 224 valence electrons. The quantitative estimate of drug-likeness (QED) is 0.279. The minimum atomic E-state index is -0.864. The SMILES string of the molecule is CCOC(=O)C1=C(C)N=c2s/c(=C3\C(=O)N(Cc4ccccc4)c4ccccc43)c(=O)n2[C@H]1c1ccc(OC)c(OCC)c1. The van der Waals surface area contributed by atoms with Gasteiger partial charge in [-0.05, 0) is 50.1 Å². The molecule has 2 aliphatic heterocycles. The molecule has 4 aromatic rings. The summed E-state index contributed by atoms with van der Waals surface area (Å²) < 4.78 is 18.5. The standard InChI is InChI=1S/C34H31N3O6S/c1-5-42-26-18-22(16-17-25(26)41-4)29-27(33(40)43-6-2)20(3)35-34-37(29)32(39)30(44-34)28-23-14-10-11-15-24(23)36(31(28)38)19-21-12-8-7-9-13-21/h7-18,29H,5-6,19H2,1-4H3/b30-28-/t29-/m0/s1. The molecule has 1 amide bonds. The molecule has 2 aliphatic rings. The summed E-state index contributed by atoms with van der Waals surface area (Å²) in [6.45, 7) is 6.23. The Bertz CT molecular complexity index is 1990. The van der Waals surface area contributed by atoms with Crippen LogP contribution in [-0.4, -0.2) is 36.8 Å². The van der Waals surface area contributed by atoms with Crippen molar-refractivity contribution < 1.29 is 23.8 Å². The first-order chi connectivity index (χ1) is 21.4. The maximum atomic E-state index is 14.5. The Labute approximate surface area is 258 Å². The highest BCUT2D eigenvalue weighted by atomic mass is 32.1. The molecule has 0 radical (unpaired) electrons. The molecule has 1 aromatic heterocycles. The van der Waals surface area contributed by atoms with E-state index in [4.69, 9.17) is 14.2 Å². The van der Waals surface area contributed by atoms with E-state index < -0.39 is 17.6 Å². The van der Waals surface area contributed by atoms with Crippen molar-refractivity contribution in [3.8, 4) is 11.5 Å². The van der Waals surface area contributed by atoms with Crippen LogP contribution in [-0.2, 0) is 20.9 Å². The van der Waals surface area contributed by atoms with Crippen LogP contribution in [0.4, 0.5) is 5.69 Å². The van der Waals surface area contributed by atoms with Gasteiger partial charge in [0.05, 0.1) is 55.4 Å². The fourth-order valence-corrected chi connectivity index (χ4v) is 6.85. The Morgan fingerprint density at radius 2 is 1.70 bits per heavy atom. The summed E-state index contributed by atoms with van der Waals surface area (Å²) in [7, 11) is 1.55. The molecule has 0 N–H and O–H groups in total. The summed E-state index contributed by atoms with van der Waals surface area (Å²) in [5.74, 6) is 0.171. The lowest BCUT2D eigenvalue weighted by molar-refractivity contribution is -0.139. The first-order valence-electron chi connectivity index (χ1n) is 14.4. The van der Waals surface area contributed by atoms with Gasteiger partial charge in [0.1, 0.15) is 4.53 Å². The summed E-state index contributed by atoms with van der Waals surface area (Å²) in [5.41, 5.74) is 3.59. The number of thiazole rings is 1. The van der Waals surface area contributed by atoms with Crippen LogP contribution in [0.1, 0.15) is 43.5 Å². The topological polar surface area (TPSA) is 99.4 Å². The zero-order valence-corrected chi connectivity index (χ0v) is 25.6. The van der Waals surface area contributed by atoms with E-state index in [1.54, 1.807) is 44.1 Å². The van der Waals surface area contributed by atoms with E-state index in [1.165, 1.54) is 4.57 Å². The molecule has 0 unspecified atom stereocenters. The molecule has 44 heavy (non-hydrogen) atoms. The number of ether oxygens (including phenoxy) is 3. The Kier molecular flexibility index (Phi) is 7.92. The number of aromatic nitrogens is 1. The highest BCUT2D eigenvalue weighted by molar-refractivity contribution is 7.07. The molecule has 3 heterocycles. The van der Waals surface area contributed by atoms with Crippen LogP contribution < -0.4 is 29.3 Å². The maximum absolute atomic E-state index is 14.5. The number of fused-ring (bicyclic) bond motifs is 2. The van der Waals surface area contributed by atoms with Crippen molar-refractivity contribution in [3.05, 3.63) is 120 Å². The van der Waals surface area contributed by atoms with Gasteiger partial charge in [-0.1, -0.05) is 65.9 Å². The molecule has 0 fully saturated rings. The molecule has 1 atom stereocenters. The van der Waals surface area contributed by atoms with Gasteiger partial charge in [-0.15, -0.1) is 0 Å². The van der Waals surface area contributed by atoms with Crippen LogP contribution in [0, 0.1) is 0 Å². The maximum Gasteiger partial charge on any atom is 0.338 e. The van der Waals surface area contributed by atoms with E-state index in [1.807, 2.05) is 61.5 Å². The van der Waals surface area contributed by atoms with Gasteiger partial charge in [0.15, 0.2) is 16.3 Å². The van der Waals surface area contributed by atoms with Gasteiger partial charge in [0.2, 0.25) is 0 Å². The number of hydrogen-bond acceptors (Lipinski definition) is 8. The number of nitrogens with zero attached hydrogens (tertiary/aromatic N) is 3. The number of allylic oxidation sites excluding steroid dienone is 1. The number of benzene rings is 3. The molecular formula is C34H31N3O6S. The van der Waals surface area contributed by atoms with Crippen molar-refractivity contribution in [1.82, 2.24) is 4.57 Å². The first-order valence-corrected chi connectivity index (χ1v) is 15.2. The summed E-state index contributed by atoms with van der Waals surface area (Å²) in [5, 5.41) is 0. The zero-order chi connectivity index (χ0) is 31.0. The van der Waals surface area contributed by atoms with Crippen molar-refractivity contribution >= 4 is 34.5 Å². The number of carbonyl (C=O) groups excluding carboxylic acids is 2. The van der Waals surface area contributed by atoms with Gasteiger partial charge < -0.3 is 19.1 Å². The normalized spacial score (nSPS) is 16.8. The van der Waals surface area contributed by atoms with E-state index >= 15 is 0 Å². The molecule has 10 heteroatoms. The fourth-order valence-electron chi connectivity index (χ4n) is 5.71. The highest BCUT2D eigenvalue weighted by Gasteiger charge is 2.37. The van der Waals surface area contributed by atoms with Gasteiger partial charge in [0.25, 0.3) is 11.5 Å². The number of methoxy groups -OCH3 is 1. The monoisotopic (exact) mass is 609 g/mol. The molecule has 0 bridgehead atoms. The second kappa shape index (κ2) is 12.0.